The molecule has 1 aliphatic rings. The molecule has 2 aromatic heterocycles. The second-order valence-electron chi connectivity index (χ2n) is 8.19. The van der Waals surface area contributed by atoms with Crippen LogP contribution in [0.2, 0.25) is 0 Å². The molecule has 0 aliphatic carbocycles. The van der Waals surface area contributed by atoms with E-state index in [1.165, 1.54) is 11.3 Å². The van der Waals surface area contributed by atoms with Gasteiger partial charge in [-0.3, -0.25) is 19.7 Å². The van der Waals surface area contributed by atoms with Gasteiger partial charge in [-0.15, -0.1) is 11.3 Å². The van der Waals surface area contributed by atoms with Crippen LogP contribution in [0.4, 0.5) is 4.79 Å². The number of rotatable bonds is 6. The van der Waals surface area contributed by atoms with Gasteiger partial charge in [0.1, 0.15) is 10.4 Å². The van der Waals surface area contributed by atoms with E-state index in [1.807, 2.05) is 67.1 Å². The minimum atomic E-state index is -1.21. The number of hydrogen-bond acceptors (Lipinski definition) is 5. The van der Waals surface area contributed by atoms with Gasteiger partial charge in [-0.25, -0.2) is 4.79 Å². The number of thiophene rings is 1. The van der Waals surface area contributed by atoms with Crippen molar-refractivity contribution in [3.8, 4) is 0 Å². The molecular weight excluding hydrogens is 450 g/mol. The van der Waals surface area contributed by atoms with Crippen molar-refractivity contribution in [2.45, 2.75) is 32.4 Å². The number of hydrazine groups is 1. The Bertz CT molecular complexity index is 1400. The predicted molar refractivity (Wildman–Crippen MR) is 129 cm³/mol. The summed E-state index contributed by atoms with van der Waals surface area (Å²) >= 11 is 1.28. The Balaban J connectivity index is 1.40. The van der Waals surface area contributed by atoms with E-state index in [9.17, 15) is 14.4 Å². The first-order valence-corrected chi connectivity index (χ1v) is 11.8. The topological polar surface area (TPSA) is 96.3 Å². The number of carbonyl (C=O) groups is 3. The Labute approximate surface area is 200 Å². The highest BCUT2D eigenvalue weighted by molar-refractivity contribution is 7.20. The molecule has 2 aromatic carbocycles. The summed E-state index contributed by atoms with van der Waals surface area (Å²) in [6.07, 6.45) is 0.353. The Hall–Kier alpha value is -3.98. The molecule has 1 fully saturated rings. The molecule has 8 nitrogen and oxygen atoms in total. The second-order valence-corrected chi connectivity index (χ2v) is 9.23. The maximum absolute atomic E-state index is 13.3. The van der Waals surface area contributed by atoms with Gasteiger partial charge in [-0.1, -0.05) is 67.6 Å². The smallest absolute Gasteiger partial charge is 0.318 e. The number of fused-ring (bicyclic) bond motifs is 1. The Morgan fingerprint density at radius 3 is 2.44 bits per heavy atom. The summed E-state index contributed by atoms with van der Waals surface area (Å²) in [4.78, 5) is 40.3. The minimum Gasteiger partial charge on any atom is -0.318 e. The first kappa shape index (κ1) is 21.8. The van der Waals surface area contributed by atoms with Crippen molar-refractivity contribution < 1.29 is 14.4 Å². The van der Waals surface area contributed by atoms with Gasteiger partial charge in [0.05, 0.1) is 17.1 Å². The third-order valence-corrected chi connectivity index (χ3v) is 7.26. The van der Waals surface area contributed by atoms with E-state index < -0.39 is 23.4 Å². The quantitative estimate of drug-likeness (QED) is 0.415. The average molecular weight is 474 g/mol. The van der Waals surface area contributed by atoms with E-state index in [2.05, 4.69) is 15.8 Å². The van der Waals surface area contributed by atoms with Crippen LogP contribution in [-0.2, 0) is 16.9 Å². The van der Waals surface area contributed by atoms with E-state index in [4.69, 9.17) is 0 Å². The van der Waals surface area contributed by atoms with Crippen LogP contribution in [0.25, 0.3) is 10.2 Å². The number of aryl methyl sites for hydroxylation is 1. The van der Waals surface area contributed by atoms with Gasteiger partial charge in [0.25, 0.3) is 11.8 Å². The molecule has 0 bridgehead atoms. The zero-order valence-corrected chi connectivity index (χ0v) is 19.6. The minimum absolute atomic E-state index is 0.353. The van der Waals surface area contributed by atoms with Gasteiger partial charge in [0.15, 0.2) is 0 Å². The molecule has 4 aromatic rings. The van der Waals surface area contributed by atoms with Crippen molar-refractivity contribution >= 4 is 39.4 Å². The van der Waals surface area contributed by atoms with E-state index >= 15 is 0 Å². The van der Waals surface area contributed by atoms with Crippen molar-refractivity contribution in [2.24, 2.45) is 0 Å². The molecule has 2 N–H and O–H groups in total. The maximum atomic E-state index is 13.3. The molecule has 172 valence electrons. The summed E-state index contributed by atoms with van der Waals surface area (Å²) in [6, 6.07) is 20.1. The number of hydrogen-bond donors (Lipinski definition) is 2. The van der Waals surface area contributed by atoms with Crippen LogP contribution in [0.1, 0.15) is 39.8 Å². The number of nitrogens with zero attached hydrogens (tertiary/aromatic N) is 3. The van der Waals surface area contributed by atoms with Crippen LogP contribution < -0.4 is 10.7 Å². The fourth-order valence-electron chi connectivity index (χ4n) is 4.28. The molecule has 1 atom stereocenters. The molecule has 1 saturated heterocycles. The monoisotopic (exact) mass is 473 g/mol. The molecule has 5 rings (SSSR count). The van der Waals surface area contributed by atoms with Crippen LogP contribution in [0, 0.1) is 6.92 Å². The van der Waals surface area contributed by atoms with Gasteiger partial charge in [-0.2, -0.15) is 10.1 Å². The first-order valence-electron chi connectivity index (χ1n) is 11.0. The van der Waals surface area contributed by atoms with E-state index in [1.54, 1.807) is 18.2 Å². The number of carbonyl (C=O) groups excluding carboxylic acids is 3. The number of benzene rings is 2. The van der Waals surface area contributed by atoms with Gasteiger partial charge in [0.2, 0.25) is 0 Å². The molecule has 1 aliphatic heterocycles. The highest BCUT2D eigenvalue weighted by Gasteiger charge is 2.52. The lowest BCUT2D eigenvalue weighted by Crippen LogP contribution is -2.48. The highest BCUT2D eigenvalue weighted by Crippen LogP contribution is 2.32. The Morgan fingerprint density at radius 1 is 1.09 bits per heavy atom. The molecule has 0 unspecified atom stereocenters. The second kappa shape index (κ2) is 8.42. The average Bonchev–Trinajstić information content (AvgIpc) is 3.49. The number of aromatic nitrogens is 2. The fraction of sp³-hybridized carbons (Fsp3) is 0.200. The summed E-state index contributed by atoms with van der Waals surface area (Å²) in [5.41, 5.74) is 3.88. The lowest BCUT2D eigenvalue weighted by Gasteiger charge is -2.25. The van der Waals surface area contributed by atoms with Crippen molar-refractivity contribution in [1.82, 2.24) is 25.5 Å². The standard InChI is InChI=1S/C25H23N5O3S/c1-3-25(18-12-8-5-9-13-18)23(32)30(24(33)26-25)28-21(31)20-14-19-16(2)27-29(22(19)34-20)15-17-10-6-4-7-11-17/h4-14H,3,15H2,1-2H3,(H,26,33)(H,28,31)/t25-/m1/s1. The third kappa shape index (κ3) is 3.54. The zero-order chi connectivity index (χ0) is 23.9. The molecule has 9 heteroatoms. The Kier molecular flexibility index (Phi) is 5.41. The van der Waals surface area contributed by atoms with Crippen molar-refractivity contribution in [3.05, 3.63) is 88.4 Å². The number of amides is 4. The van der Waals surface area contributed by atoms with E-state index in [-0.39, 0.29) is 0 Å². The van der Waals surface area contributed by atoms with Crippen molar-refractivity contribution in [1.29, 1.82) is 0 Å². The zero-order valence-electron chi connectivity index (χ0n) is 18.7. The first-order chi connectivity index (χ1) is 16.4. The van der Waals surface area contributed by atoms with Gasteiger partial charge in [0, 0.05) is 5.39 Å². The van der Waals surface area contributed by atoms with Crippen LogP contribution >= 0.6 is 11.3 Å². The van der Waals surface area contributed by atoms with Crippen molar-refractivity contribution in [3.63, 3.8) is 0 Å². The van der Waals surface area contributed by atoms with Crippen LogP contribution in [-0.4, -0.2) is 32.6 Å². The van der Waals surface area contributed by atoms with Crippen LogP contribution in [0.3, 0.4) is 0 Å². The third-order valence-electron chi connectivity index (χ3n) is 6.11. The summed E-state index contributed by atoms with van der Waals surface area (Å²) < 4.78 is 1.87. The number of nitrogens with one attached hydrogen (secondary N) is 2. The molecule has 4 amide bonds. The SMILES string of the molecule is CC[C@]1(c2ccccc2)NC(=O)N(NC(=O)c2cc3c(C)nn(Cc4ccccc4)c3s2)C1=O. The van der Waals surface area contributed by atoms with E-state index in [0.717, 1.165) is 26.5 Å². The molecule has 3 heterocycles. The number of imide groups is 1. The van der Waals surface area contributed by atoms with E-state index in [0.29, 0.717) is 23.4 Å². The van der Waals surface area contributed by atoms with Crippen LogP contribution in [0.5, 0.6) is 0 Å². The molecule has 34 heavy (non-hydrogen) atoms. The lowest BCUT2D eigenvalue weighted by molar-refractivity contribution is -0.133. The molecule has 0 saturated carbocycles. The summed E-state index contributed by atoms with van der Waals surface area (Å²) in [6.45, 7) is 4.30. The normalized spacial score (nSPS) is 17.9. The summed E-state index contributed by atoms with van der Waals surface area (Å²) in [7, 11) is 0. The van der Waals surface area contributed by atoms with Gasteiger partial charge in [-0.05, 0) is 30.5 Å². The molecular formula is C25H23N5O3S. The fourth-order valence-corrected chi connectivity index (χ4v) is 5.33. The lowest BCUT2D eigenvalue weighted by atomic mass is 9.87. The van der Waals surface area contributed by atoms with Crippen molar-refractivity contribution in [2.75, 3.05) is 0 Å². The highest BCUT2D eigenvalue weighted by atomic mass is 32.1. The van der Waals surface area contributed by atoms with Crippen LogP contribution in [0.15, 0.2) is 66.7 Å². The van der Waals surface area contributed by atoms with Gasteiger partial charge >= 0.3 is 6.03 Å². The summed E-state index contributed by atoms with van der Waals surface area (Å²) in [5.74, 6) is -1.03. The predicted octanol–water partition coefficient (Wildman–Crippen LogP) is 3.96. The Morgan fingerprint density at radius 2 is 1.76 bits per heavy atom. The molecule has 0 radical (unpaired) electrons. The largest absolute Gasteiger partial charge is 0.344 e. The number of urea groups is 1. The molecule has 0 spiro atoms. The summed E-state index contributed by atoms with van der Waals surface area (Å²) in [5, 5.41) is 9.03. The maximum Gasteiger partial charge on any atom is 0.344 e. The van der Waals surface area contributed by atoms with Gasteiger partial charge < -0.3 is 5.32 Å².